The summed E-state index contributed by atoms with van der Waals surface area (Å²) >= 11 is 0. The van der Waals surface area contributed by atoms with E-state index in [2.05, 4.69) is 0 Å². The fourth-order valence-corrected chi connectivity index (χ4v) is 4.26. The Kier molecular flexibility index (Phi) is 4.88. The Bertz CT molecular complexity index is 722. The van der Waals surface area contributed by atoms with E-state index in [0.717, 1.165) is 17.5 Å². The number of nitrogens with zero attached hydrogens (tertiary/aromatic N) is 1. The smallest absolute Gasteiger partial charge is 0.258 e. The molecule has 5 nitrogen and oxygen atoms in total. The molecule has 0 amide bonds. The van der Waals surface area contributed by atoms with Crippen LogP contribution in [0.3, 0.4) is 0 Å². The molecule has 3 unspecified atom stereocenters. The van der Waals surface area contributed by atoms with E-state index >= 15 is 0 Å². The van der Waals surface area contributed by atoms with Gasteiger partial charge in [0.1, 0.15) is 0 Å². The third-order valence-electron chi connectivity index (χ3n) is 5.62. The summed E-state index contributed by atoms with van der Waals surface area (Å²) < 4.78 is 0. The van der Waals surface area contributed by atoms with Crippen molar-refractivity contribution >= 4 is 0 Å². The van der Waals surface area contributed by atoms with Crippen molar-refractivity contribution in [3.63, 3.8) is 0 Å². The van der Waals surface area contributed by atoms with Crippen molar-refractivity contribution in [2.24, 2.45) is 11.5 Å². The molecule has 25 heavy (non-hydrogen) atoms. The normalized spacial score (nSPS) is 29.3. The highest BCUT2D eigenvalue weighted by molar-refractivity contribution is 5.27. The van der Waals surface area contributed by atoms with Crippen molar-refractivity contribution < 1.29 is 4.92 Å². The monoisotopic (exact) mass is 339 g/mol. The molecule has 1 aliphatic rings. The third kappa shape index (κ3) is 3.17. The maximum absolute atomic E-state index is 12.3. The maximum Gasteiger partial charge on any atom is 0.258 e. The van der Waals surface area contributed by atoms with Crippen LogP contribution in [0.2, 0.25) is 0 Å². The van der Waals surface area contributed by atoms with Crippen LogP contribution in [-0.2, 0) is 12.8 Å². The fourth-order valence-electron chi connectivity index (χ4n) is 4.26. The lowest BCUT2D eigenvalue weighted by Gasteiger charge is -2.48. The van der Waals surface area contributed by atoms with Crippen molar-refractivity contribution in [1.29, 1.82) is 0 Å². The van der Waals surface area contributed by atoms with Gasteiger partial charge in [-0.3, -0.25) is 10.1 Å². The molecule has 0 heterocycles. The minimum Gasteiger partial charge on any atom is -0.322 e. The molecular formula is C20H25N3O2. The van der Waals surface area contributed by atoms with Gasteiger partial charge in [0.05, 0.1) is 11.6 Å². The predicted molar refractivity (Wildman–Crippen MR) is 98.8 cm³/mol. The van der Waals surface area contributed by atoms with Gasteiger partial charge in [0.2, 0.25) is 0 Å². The van der Waals surface area contributed by atoms with Crippen LogP contribution in [0.1, 0.15) is 30.4 Å². The average molecular weight is 339 g/mol. The van der Waals surface area contributed by atoms with Gasteiger partial charge in [0.25, 0.3) is 5.54 Å². The molecule has 0 aliphatic heterocycles. The van der Waals surface area contributed by atoms with Crippen molar-refractivity contribution in [3.05, 3.63) is 81.9 Å². The van der Waals surface area contributed by atoms with Crippen molar-refractivity contribution in [3.8, 4) is 0 Å². The zero-order valence-corrected chi connectivity index (χ0v) is 14.3. The molecule has 3 atom stereocenters. The second-order valence-corrected chi connectivity index (χ2v) is 7.16. The molecule has 4 N–H and O–H groups in total. The minimum absolute atomic E-state index is 0.202. The van der Waals surface area contributed by atoms with Crippen LogP contribution in [0, 0.1) is 10.1 Å². The number of nitro groups is 1. The highest BCUT2D eigenvalue weighted by atomic mass is 16.6. The Labute approximate surface area is 148 Å². The Morgan fingerprint density at radius 3 is 2.04 bits per heavy atom. The molecule has 5 heteroatoms. The van der Waals surface area contributed by atoms with Crippen LogP contribution in [-0.4, -0.2) is 22.0 Å². The SMILES string of the molecule is NC1CCCC(N)(Cc2ccccc2)C1(Cc1ccccc1)[N+](=O)[O-]. The summed E-state index contributed by atoms with van der Waals surface area (Å²) in [5.41, 5.74) is 12.7. The maximum atomic E-state index is 12.3. The van der Waals surface area contributed by atoms with Gasteiger partial charge in [-0.25, -0.2) is 0 Å². The lowest BCUT2D eigenvalue weighted by molar-refractivity contribution is -0.589. The van der Waals surface area contributed by atoms with E-state index < -0.39 is 17.1 Å². The van der Waals surface area contributed by atoms with Crippen molar-refractivity contribution in [1.82, 2.24) is 0 Å². The van der Waals surface area contributed by atoms with Gasteiger partial charge < -0.3 is 11.5 Å². The largest absolute Gasteiger partial charge is 0.322 e. The number of benzene rings is 2. The molecule has 0 aromatic heterocycles. The van der Waals surface area contributed by atoms with Crippen LogP contribution < -0.4 is 11.5 Å². The first kappa shape index (κ1) is 17.6. The van der Waals surface area contributed by atoms with Gasteiger partial charge in [-0.1, -0.05) is 60.7 Å². The number of hydrogen-bond acceptors (Lipinski definition) is 4. The van der Waals surface area contributed by atoms with E-state index in [-0.39, 0.29) is 11.3 Å². The first-order valence-electron chi connectivity index (χ1n) is 8.75. The Morgan fingerprint density at radius 1 is 1.00 bits per heavy atom. The molecule has 0 bridgehead atoms. The van der Waals surface area contributed by atoms with Crippen molar-refractivity contribution in [2.45, 2.75) is 49.2 Å². The third-order valence-corrected chi connectivity index (χ3v) is 5.62. The lowest BCUT2D eigenvalue weighted by Crippen LogP contribution is -2.75. The summed E-state index contributed by atoms with van der Waals surface area (Å²) in [7, 11) is 0. The zero-order valence-electron chi connectivity index (χ0n) is 14.3. The second-order valence-electron chi connectivity index (χ2n) is 7.16. The number of rotatable bonds is 5. The molecule has 1 saturated carbocycles. The Balaban J connectivity index is 2.04. The first-order valence-corrected chi connectivity index (χ1v) is 8.75. The van der Waals surface area contributed by atoms with Gasteiger partial charge in [-0.15, -0.1) is 0 Å². The minimum atomic E-state index is -1.37. The van der Waals surface area contributed by atoms with Crippen LogP contribution in [0.5, 0.6) is 0 Å². The molecular weight excluding hydrogens is 314 g/mol. The summed E-state index contributed by atoms with van der Waals surface area (Å²) in [6, 6.07) is 18.7. The Morgan fingerprint density at radius 2 is 1.52 bits per heavy atom. The summed E-state index contributed by atoms with van der Waals surface area (Å²) in [5, 5.41) is 12.3. The Hall–Kier alpha value is -2.24. The standard InChI is InChI=1S/C20H25N3O2/c21-18-12-7-13-19(22,14-16-8-3-1-4-9-16)20(18,23(24)25)15-17-10-5-2-6-11-17/h1-6,8-11,18H,7,12-15,21-22H2. The second kappa shape index (κ2) is 6.94. The molecule has 0 saturated heterocycles. The zero-order chi connectivity index (χ0) is 17.9. The van der Waals surface area contributed by atoms with Crippen LogP contribution in [0.4, 0.5) is 0 Å². The van der Waals surface area contributed by atoms with E-state index in [1.165, 1.54) is 0 Å². The van der Waals surface area contributed by atoms with Gasteiger partial charge in [0.15, 0.2) is 0 Å². The van der Waals surface area contributed by atoms with E-state index in [1.54, 1.807) is 0 Å². The van der Waals surface area contributed by atoms with E-state index in [4.69, 9.17) is 11.5 Å². The van der Waals surface area contributed by atoms with Gasteiger partial charge in [-0.2, -0.15) is 0 Å². The molecule has 0 spiro atoms. The molecule has 3 rings (SSSR count). The molecule has 132 valence electrons. The molecule has 0 radical (unpaired) electrons. The fraction of sp³-hybridized carbons (Fsp3) is 0.400. The van der Waals surface area contributed by atoms with Gasteiger partial charge in [0, 0.05) is 11.3 Å². The molecule has 2 aromatic rings. The predicted octanol–water partition coefficient (Wildman–Crippen LogP) is 2.70. The number of hydrogen-bond donors (Lipinski definition) is 2. The summed E-state index contributed by atoms with van der Waals surface area (Å²) in [5.74, 6) is 0. The molecule has 1 fully saturated rings. The topological polar surface area (TPSA) is 95.2 Å². The summed E-state index contributed by atoms with van der Waals surface area (Å²) in [6.07, 6.45) is 2.75. The molecule has 1 aliphatic carbocycles. The first-order chi connectivity index (χ1) is 12.0. The number of nitrogens with two attached hydrogens (primary N) is 2. The van der Waals surface area contributed by atoms with Crippen LogP contribution >= 0.6 is 0 Å². The summed E-state index contributed by atoms with van der Waals surface area (Å²) in [4.78, 5) is 12.1. The van der Waals surface area contributed by atoms with E-state index in [1.807, 2.05) is 60.7 Å². The van der Waals surface area contributed by atoms with Crippen LogP contribution in [0.15, 0.2) is 60.7 Å². The highest BCUT2D eigenvalue weighted by Crippen LogP contribution is 2.42. The summed E-state index contributed by atoms with van der Waals surface area (Å²) in [6.45, 7) is 0. The lowest BCUT2D eigenvalue weighted by atomic mass is 9.60. The van der Waals surface area contributed by atoms with Gasteiger partial charge >= 0.3 is 0 Å². The quantitative estimate of drug-likeness (QED) is 0.647. The average Bonchev–Trinajstić information content (AvgIpc) is 2.60. The molecule has 2 aromatic carbocycles. The van der Waals surface area contributed by atoms with Gasteiger partial charge in [-0.05, 0) is 36.8 Å². The van der Waals surface area contributed by atoms with Crippen molar-refractivity contribution in [2.75, 3.05) is 0 Å². The van der Waals surface area contributed by atoms with E-state index in [9.17, 15) is 10.1 Å². The van der Waals surface area contributed by atoms with Crippen LogP contribution in [0.25, 0.3) is 0 Å². The van der Waals surface area contributed by atoms with E-state index in [0.29, 0.717) is 19.3 Å². The highest BCUT2D eigenvalue weighted by Gasteiger charge is 2.64.